The summed E-state index contributed by atoms with van der Waals surface area (Å²) in [4.78, 5) is 23.2. The largest absolute Gasteiger partial charge is 0.462 e. The number of nitrogens with one attached hydrogen (secondary N) is 1. The van der Waals surface area contributed by atoms with Crippen molar-refractivity contribution in [1.29, 1.82) is 0 Å². The lowest BCUT2D eigenvalue weighted by molar-refractivity contribution is -0.152. The minimum Gasteiger partial charge on any atom is -0.462 e. The fraction of sp³-hybridized carbons (Fsp3) is 0.467. The first-order valence-corrected chi connectivity index (χ1v) is 6.54. The molecule has 1 N–H and O–H groups in total. The second-order valence-corrected chi connectivity index (χ2v) is 5.24. The zero-order valence-electron chi connectivity index (χ0n) is 12.4. The van der Waals surface area contributed by atoms with Gasteiger partial charge >= 0.3 is 11.9 Å². The number of benzene rings is 1. The minimum atomic E-state index is -0.508. The molecule has 0 unspecified atom stereocenters. The molecule has 110 valence electrons. The molecule has 0 fully saturated rings. The highest BCUT2D eigenvalue weighted by atomic mass is 16.6. The summed E-state index contributed by atoms with van der Waals surface area (Å²) in [5.41, 5.74) is 0.605. The predicted octanol–water partition coefficient (Wildman–Crippen LogP) is 2.62. The van der Waals surface area contributed by atoms with E-state index in [2.05, 4.69) is 5.32 Å². The fourth-order valence-electron chi connectivity index (χ4n) is 1.52. The number of carbonyl (C=O) groups is 2. The molecule has 5 heteroatoms. The number of hydrogen-bond donors (Lipinski definition) is 1. The summed E-state index contributed by atoms with van der Waals surface area (Å²) < 4.78 is 10.1. The molecule has 0 radical (unpaired) electrons. The monoisotopic (exact) mass is 279 g/mol. The molecule has 1 aromatic carbocycles. The van der Waals surface area contributed by atoms with Crippen molar-refractivity contribution in [2.75, 3.05) is 18.5 Å². The van der Waals surface area contributed by atoms with Crippen LogP contribution in [0.1, 0.15) is 38.1 Å². The van der Waals surface area contributed by atoms with E-state index < -0.39 is 5.60 Å². The zero-order valence-corrected chi connectivity index (χ0v) is 12.4. The van der Waals surface area contributed by atoms with Crippen LogP contribution in [0.25, 0.3) is 0 Å². The molecule has 0 amide bonds. The first-order chi connectivity index (χ1) is 9.31. The molecule has 0 spiro atoms. The first kappa shape index (κ1) is 16.0. The van der Waals surface area contributed by atoms with Gasteiger partial charge in [0.2, 0.25) is 0 Å². The highest BCUT2D eigenvalue weighted by Gasteiger charge is 2.16. The van der Waals surface area contributed by atoms with E-state index in [0.29, 0.717) is 17.9 Å². The molecule has 0 saturated heterocycles. The van der Waals surface area contributed by atoms with E-state index in [1.54, 1.807) is 31.2 Å². The lowest BCUT2D eigenvalue weighted by Crippen LogP contribution is -2.28. The van der Waals surface area contributed by atoms with Crippen molar-refractivity contribution < 1.29 is 19.1 Å². The topological polar surface area (TPSA) is 64.6 Å². The number of carbonyl (C=O) groups excluding carboxylic acids is 2. The Hall–Kier alpha value is -2.04. The maximum atomic E-state index is 11.6. The lowest BCUT2D eigenvalue weighted by atomic mass is 10.2. The van der Waals surface area contributed by atoms with Crippen LogP contribution in [0.2, 0.25) is 0 Å². The summed E-state index contributed by atoms with van der Waals surface area (Å²) in [6.07, 6.45) is 0. The second-order valence-electron chi connectivity index (χ2n) is 5.24. The van der Waals surface area contributed by atoms with Crippen molar-refractivity contribution in [2.45, 2.75) is 33.3 Å². The van der Waals surface area contributed by atoms with Crippen LogP contribution in [-0.2, 0) is 14.3 Å². The lowest BCUT2D eigenvalue weighted by Gasteiger charge is -2.19. The molecule has 0 heterocycles. The zero-order chi connectivity index (χ0) is 15.2. The maximum Gasteiger partial charge on any atom is 0.338 e. The molecule has 1 aromatic rings. The van der Waals surface area contributed by atoms with Crippen LogP contribution in [-0.4, -0.2) is 30.7 Å². The van der Waals surface area contributed by atoms with Crippen LogP contribution < -0.4 is 5.32 Å². The molecule has 0 aromatic heterocycles. The van der Waals surface area contributed by atoms with Crippen LogP contribution in [0.3, 0.4) is 0 Å². The van der Waals surface area contributed by atoms with Crippen molar-refractivity contribution in [3.05, 3.63) is 29.8 Å². The summed E-state index contributed by atoms with van der Waals surface area (Å²) in [5, 5.41) is 2.92. The summed E-state index contributed by atoms with van der Waals surface area (Å²) in [7, 11) is 0. The molecular weight excluding hydrogens is 258 g/mol. The number of hydrogen-bond acceptors (Lipinski definition) is 5. The van der Waals surface area contributed by atoms with E-state index in [1.807, 2.05) is 20.8 Å². The smallest absolute Gasteiger partial charge is 0.338 e. The molecule has 0 atom stereocenters. The van der Waals surface area contributed by atoms with Gasteiger partial charge in [0, 0.05) is 5.69 Å². The normalized spacial score (nSPS) is 10.8. The minimum absolute atomic E-state index is 0.0452. The van der Waals surface area contributed by atoms with Crippen LogP contribution in [0, 0.1) is 0 Å². The van der Waals surface area contributed by atoms with Crippen molar-refractivity contribution >= 4 is 17.6 Å². The quantitative estimate of drug-likeness (QED) is 0.839. The Labute approximate surface area is 119 Å². The molecule has 0 bridgehead atoms. The third-order valence-electron chi connectivity index (χ3n) is 2.23. The van der Waals surface area contributed by atoms with E-state index in [-0.39, 0.29) is 18.5 Å². The predicted molar refractivity (Wildman–Crippen MR) is 76.7 cm³/mol. The fourth-order valence-corrected chi connectivity index (χ4v) is 1.52. The van der Waals surface area contributed by atoms with Gasteiger partial charge in [0.05, 0.1) is 12.2 Å². The van der Waals surface area contributed by atoms with Gasteiger partial charge in [-0.05, 0) is 45.9 Å². The second kappa shape index (κ2) is 6.93. The Bertz CT molecular complexity index is 477. The van der Waals surface area contributed by atoms with E-state index in [0.717, 1.165) is 0 Å². The molecule has 0 aliphatic heterocycles. The van der Waals surface area contributed by atoms with Gasteiger partial charge in [-0.2, -0.15) is 0 Å². The van der Waals surface area contributed by atoms with E-state index >= 15 is 0 Å². The van der Waals surface area contributed by atoms with Gasteiger partial charge in [0.1, 0.15) is 12.1 Å². The van der Waals surface area contributed by atoms with Crippen LogP contribution in [0.4, 0.5) is 5.69 Å². The molecule has 5 nitrogen and oxygen atoms in total. The van der Waals surface area contributed by atoms with Gasteiger partial charge in [0.25, 0.3) is 0 Å². The third-order valence-corrected chi connectivity index (χ3v) is 2.23. The summed E-state index contributed by atoms with van der Waals surface area (Å²) in [5.74, 6) is -0.729. The standard InChI is InChI=1S/C15H21NO4/c1-5-19-14(18)11-7-6-8-12(9-11)16-10-13(17)20-15(2,3)4/h6-9,16H,5,10H2,1-4H3. The Kier molecular flexibility index (Phi) is 5.55. The Morgan fingerprint density at radius 2 is 1.95 bits per heavy atom. The van der Waals surface area contributed by atoms with Crippen molar-refractivity contribution in [2.24, 2.45) is 0 Å². The van der Waals surface area contributed by atoms with Crippen LogP contribution >= 0.6 is 0 Å². The first-order valence-electron chi connectivity index (χ1n) is 6.54. The molecule has 20 heavy (non-hydrogen) atoms. The number of anilines is 1. The highest BCUT2D eigenvalue weighted by Crippen LogP contribution is 2.12. The van der Waals surface area contributed by atoms with Gasteiger partial charge in [-0.1, -0.05) is 6.07 Å². The van der Waals surface area contributed by atoms with E-state index in [4.69, 9.17) is 9.47 Å². The summed E-state index contributed by atoms with van der Waals surface area (Å²) >= 11 is 0. The Morgan fingerprint density at radius 3 is 2.55 bits per heavy atom. The van der Waals surface area contributed by atoms with Crippen molar-refractivity contribution in [1.82, 2.24) is 0 Å². The van der Waals surface area contributed by atoms with E-state index in [9.17, 15) is 9.59 Å². The Morgan fingerprint density at radius 1 is 1.25 bits per heavy atom. The maximum absolute atomic E-state index is 11.6. The van der Waals surface area contributed by atoms with E-state index in [1.165, 1.54) is 0 Å². The molecular formula is C15H21NO4. The van der Waals surface area contributed by atoms with Gasteiger partial charge in [-0.15, -0.1) is 0 Å². The van der Waals surface area contributed by atoms with Gasteiger partial charge < -0.3 is 14.8 Å². The molecule has 1 rings (SSSR count). The molecule has 0 aliphatic rings. The number of ether oxygens (including phenoxy) is 2. The van der Waals surface area contributed by atoms with Crippen LogP contribution in [0.15, 0.2) is 24.3 Å². The van der Waals surface area contributed by atoms with Crippen LogP contribution in [0.5, 0.6) is 0 Å². The van der Waals surface area contributed by atoms with Crippen molar-refractivity contribution in [3.8, 4) is 0 Å². The van der Waals surface area contributed by atoms with Gasteiger partial charge in [0.15, 0.2) is 0 Å². The number of rotatable bonds is 5. The average molecular weight is 279 g/mol. The summed E-state index contributed by atoms with van der Waals surface area (Å²) in [6.45, 7) is 7.56. The van der Waals surface area contributed by atoms with Gasteiger partial charge in [-0.3, -0.25) is 4.79 Å². The third kappa shape index (κ3) is 5.73. The molecule has 0 aliphatic carbocycles. The number of esters is 2. The molecule has 0 saturated carbocycles. The average Bonchev–Trinajstić information content (AvgIpc) is 2.35. The van der Waals surface area contributed by atoms with Gasteiger partial charge in [-0.25, -0.2) is 4.79 Å². The summed E-state index contributed by atoms with van der Waals surface area (Å²) in [6, 6.07) is 6.80. The highest BCUT2D eigenvalue weighted by molar-refractivity contribution is 5.90. The Balaban J connectivity index is 2.59. The van der Waals surface area contributed by atoms with Crippen molar-refractivity contribution in [3.63, 3.8) is 0 Å². The SMILES string of the molecule is CCOC(=O)c1cccc(NCC(=O)OC(C)(C)C)c1.